The zero-order valence-corrected chi connectivity index (χ0v) is 12.6. The molecule has 0 spiro atoms. The van der Waals surface area contributed by atoms with E-state index in [0.29, 0.717) is 23.8 Å². The summed E-state index contributed by atoms with van der Waals surface area (Å²) in [5, 5.41) is 8.66. The van der Waals surface area contributed by atoms with Gasteiger partial charge in [-0.2, -0.15) is 10.2 Å². The molecule has 0 unspecified atom stereocenters. The first-order valence-corrected chi connectivity index (χ1v) is 6.92. The third-order valence-corrected chi connectivity index (χ3v) is 3.35. The van der Waals surface area contributed by atoms with E-state index in [4.69, 9.17) is 11.6 Å². The lowest BCUT2D eigenvalue weighted by molar-refractivity contribution is 0.0773. The molecule has 0 atom stereocenters. The topological polar surface area (TPSA) is 56.0 Å². The van der Waals surface area contributed by atoms with Crippen molar-refractivity contribution in [3.63, 3.8) is 0 Å². The fourth-order valence-corrected chi connectivity index (χ4v) is 2.22. The molecule has 2 aromatic heterocycles. The van der Waals surface area contributed by atoms with E-state index in [0.717, 1.165) is 12.1 Å². The molecule has 108 valence electrons. The SMILES string of the molecule is CCn1cc(CN(C)C(=O)c2c(Cl)cnn2CC)cn1. The van der Waals surface area contributed by atoms with E-state index in [1.807, 2.05) is 24.7 Å². The lowest BCUT2D eigenvalue weighted by atomic mass is 10.3. The second-order valence-electron chi connectivity index (χ2n) is 4.52. The second kappa shape index (κ2) is 6.09. The molecule has 0 aliphatic carbocycles. The van der Waals surface area contributed by atoms with Crippen molar-refractivity contribution >= 4 is 17.5 Å². The highest BCUT2D eigenvalue weighted by Gasteiger charge is 2.20. The Morgan fingerprint density at radius 2 is 2.05 bits per heavy atom. The van der Waals surface area contributed by atoms with Crippen LogP contribution in [0, 0.1) is 0 Å². The Morgan fingerprint density at radius 1 is 1.30 bits per heavy atom. The maximum absolute atomic E-state index is 12.4. The van der Waals surface area contributed by atoms with Crippen LogP contribution in [0.4, 0.5) is 0 Å². The van der Waals surface area contributed by atoms with Crippen LogP contribution in [0.25, 0.3) is 0 Å². The molecule has 2 heterocycles. The molecule has 0 radical (unpaired) electrons. The van der Waals surface area contributed by atoms with Crippen LogP contribution in [0.15, 0.2) is 18.6 Å². The van der Waals surface area contributed by atoms with Crippen molar-refractivity contribution in [2.24, 2.45) is 0 Å². The van der Waals surface area contributed by atoms with Crippen molar-refractivity contribution in [2.75, 3.05) is 7.05 Å². The third-order valence-electron chi connectivity index (χ3n) is 3.07. The summed E-state index contributed by atoms with van der Waals surface area (Å²) in [5.41, 5.74) is 1.42. The number of hydrogen-bond acceptors (Lipinski definition) is 3. The minimum absolute atomic E-state index is 0.140. The largest absolute Gasteiger partial charge is 0.336 e. The predicted octanol–water partition coefficient (Wildman–Crippen LogP) is 2.04. The van der Waals surface area contributed by atoms with E-state index in [1.54, 1.807) is 22.8 Å². The molecule has 7 heteroatoms. The van der Waals surface area contributed by atoms with Gasteiger partial charge in [0, 0.05) is 38.4 Å². The Labute approximate surface area is 122 Å². The molecule has 0 fully saturated rings. The molecular formula is C13H18ClN5O. The highest BCUT2D eigenvalue weighted by molar-refractivity contribution is 6.33. The summed E-state index contributed by atoms with van der Waals surface area (Å²) in [4.78, 5) is 14.1. The van der Waals surface area contributed by atoms with Gasteiger partial charge < -0.3 is 4.90 Å². The summed E-state index contributed by atoms with van der Waals surface area (Å²) in [5.74, 6) is -0.140. The summed E-state index contributed by atoms with van der Waals surface area (Å²) in [6.07, 6.45) is 5.20. The molecular weight excluding hydrogens is 278 g/mol. The van der Waals surface area contributed by atoms with E-state index < -0.39 is 0 Å². The monoisotopic (exact) mass is 295 g/mol. The van der Waals surface area contributed by atoms with E-state index in [-0.39, 0.29) is 5.91 Å². The van der Waals surface area contributed by atoms with Crippen LogP contribution >= 0.6 is 11.6 Å². The Balaban J connectivity index is 2.14. The van der Waals surface area contributed by atoms with Gasteiger partial charge in [-0.1, -0.05) is 11.6 Å². The van der Waals surface area contributed by atoms with Crippen molar-refractivity contribution in [1.29, 1.82) is 0 Å². The van der Waals surface area contributed by atoms with Gasteiger partial charge in [-0.3, -0.25) is 14.2 Å². The number of halogens is 1. The number of carbonyl (C=O) groups is 1. The normalized spacial score (nSPS) is 10.8. The van der Waals surface area contributed by atoms with Crippen molar-refractivity contribution in [3.05, 3.63) is 34.9 Å². The Bertz CT molecular complexity index is 604. The summed E-state index contributed by atoms with van der Waals surface area (Å²) < 4.78 is 3.44. The van der Waals surface area contributed by atoms with E-state index in [9.17, 15) is 4.79 Å². The average Bonchev–Trinajstić information content (AvgIpc) is 3.04. The molecule has 0 bridgehead atoms. The van der Waals surface area contributed by atoms with Crippen molar-refractivity contribution < 1.29 is 4.79 Å². The quantitative estimate of drug-likeness (QED) is 0.848. The van der Waals surface area contributed by atoms with Crippen LogP contribution in [0.2, 0.25) is 5.02 Å². The molecule has 0 saturated heterocycles. The highest BCUT2D eigenvalue weighted by Crippen LogP contribution is 2.17. The minimum atomic E-state index is -0.140. The fourth-order valence-electron chi connectivity index (χ4n) is 2.00. The summed E-state index contributed by atoms with van der Waals surface area (Å²) in [6, 6.07) is 0. The molecule has 0 aliphatic rings. The number of aromatic nitrogens is 4. The zero-order valence-electron chi connectivity index (χ0n) is 11.9. The molecule has 0 aliphatic heterocycles. The van der Waals surface area contributed by atoms with Crippen molar-refractivity contribution in [2.45, 2.75) is 33.5 Å². The standard InChI is InChI=1S/C13H18ClN5O/c1-4-18-9-10(6-15-18)8-17(3)13(20)12-11(14)7-16-19(12)5-2/h6-7,9H,4-5,8H2,1-3H3. The van der Waals surface area contributed by atoms with Crippen LogP contribution in [0.3, 0.4) is 0 Å². The molecule has 2 rings (SSSR count). The van der Waals surface area contributed by atoms with Gasteiger partial charge in [0.05, 0.1) is 17.4 Å². The molecule has 2 aromatic rings. The van der Waals surface area contributed by atoms with Crippen LogP contribution in [-0.4, -0.2) is 37.4 Å². The fraction of sp³-hybridized carbons (Fsp3) is 0.462. The maximum atomic E-state index is 12.4. The average molecular weight is 296 g/mol. The van der Waals surface area contributed by atoms with Gasteiger partial charge in [0.1, 0.15) is 5.69 Å². The number of aryl methyl sites for hydroxylation is 2. The van der Waals surface area contributed by atoms with Gasteiger partial charge in [-0.25, -0.2) is 0 Å². The second-order valence-corrected chi connectivity index (χ2v) is 4.93. The maximum Gasteiger partial charge on any atom is 0.273 e. The van der Waals surface area contributed by atoms with Crippen LogP contribution in [-0.2, 0) is 19.6 Å². The summed E-state index contributed by atoms with van der Waals surface area (Å²) in [6.45, 7) is 5.85. The van der Waals surface area contributed by atoms with Crippen LogP contribution in [0.5, 0.6) is 0 Å². The Kier molecular flexibility index (Phi) is 4.44. The summed E-state index contributed by atoms with van der Waals surface area (Å²) >= 11 is 6.04. The number of hydrogen-bond donors (Lipinski definition) is 0. The number of nitrogens with zero attached hydrogens (tertiary/aromatic N) is 5. The predicted molar refractivity (Wildman–Crippen MR) is 76.6 cm³/mol. The molecule has 0 saturated carbocycles. The van der Waals surface area contributed by atoms with Gasteiger partial charge >= 0.3 is 0 Å². The number of carbonyl (C=O) groups excluding carboxylic acids is 1. The highest BCUT2D eigenvalue weighted by atomic mass is 35.5. The van der Waals surface area contributed by atoms with Crippen LogP contribution < -0.4 is 0 Å². The minimum Gasteiger partial charge on any atom is -0.336 e. The van der Waals surface area contributed by atoms with Crippen molar-refractivity contribution in [3.8, 4) is 0 Å². The van der Waals surface area contributed by atoms with Crippen molar-refractivity contribution in [1.82, 2.24) is 24.5 Å². The van der Waals surface area contributed by atoms with E-state index in [1.165, 1.54) is 6.20 Å². The van der Waals surface area contributed by atoms with Gasteiger partial charge in [0.15, 0.2) is 0 Å². The van der Waals surface area contributed by atoms with E-state index in [2.05, 4.69) is 10.2 Å². The number of amides is 1. The van der Waals surface area contributed by atoms with E-state index >= 15 is 0 Å². The third kappa shape index (κ3) is 2.85. The lowest BCUT2D eigenvalue weighted by Gasteiger charge is -2.17. The van der Waals surface area contributed by atoms with Gasteiger partial charge in [-0.05, 0) is 13.8 Å². The Hall–Kier alpha value is -1.82. The molecule has 1 amide bonds. The molecule has 6 nitrogen and oxygen atoms in total. The molecule has 0 N–H and O–H groups in total. The summed E-state index contributed by atoms with van der Waals surface area (Å²) in [7, 11) is 1.74. The van der Waals surface area contributed by atoms with Gasteiger partial charge in [0.25, 0.3) is 5.91 Å². The number of rotatable bonds is 5. The Morgan fingerprint density at radius 3 is 2.65 bits per heavy atom. The van der Waals surface area contributed by atoms with Gasteiger partial charge in [-0.15, -0.1) is 0 Å². The van der Waals surface area contributed by atoms with Crippen LogP contribution in [0.1, 0.15) is 29.9 Å². The lowest BCUT2D eigenvalue weighted by Crippen LogP contribution is -2.28. The first-order chi connectivity index (χ1) is 9.56. The van der Waals surface area contributed by atoms with Gasteiger partial charge in [0.2, 0.25) is 0 Å². The zero-order chi connectivity index (χ0) is 14.7. The molecule has 20 heavy (non-hydrogen) atoms. The smallest absolute Gasteiger partial charge is 0.273 e. The molecule has 0 aromatic carbocycles. The first kappa shape index (κ1) is 14.6. The first-order valence-electron chi connectivity index (χ1n) is 6.54.